The maximum Gasteiger partial charge on any atom is 0.265 e. The average molecular weight is 798 g/mol. The number of phenols is 1. The summed E-state index contributed by atoms with van der Waals surface area (Å²) >= 11 is 6.33. The van der Waals surface area contributed by atoms with E-state index in [1.54, 1.807) is 12.1 Å². The average Bonchev–Trinajstić information content (AvgIpc) is 3.51. The minimum absolute atomic E-state index is 0.138. The molecule has 0 radical (unpaired) electrons. The highest BCUT2D eigenvalue weighted by Crippen LogP contribution is 2.37. The molecular formula is C45H45ClFN5O5. The number of piperidine rings is 2. The molecule has 1 unspecified atom stereocenters. The topological polar surface area (TPSA) is 114 Å². The number of piperazine rings is 1. The van der Waals surface area contributed by atoms with Gasteiger partial charge in [-0.3, -0.25) is 34.3 Å². The van der Waals surface area contributed by atoms with Gasteiger partial charge in [-0.1, -0.05) is 54.6 Å². The van der Waals surface area contributed by atoms with Crippen molar-refractivity contribution in [1.82, 2.24) is 15.1 Å². The minimum Gasteiger partial charge on any atom is -0.508 e. The van der Waals surface area contributed by atoms with Gasteiger partial charge in [-0.05, 0) is 95.8 Å². The highest BCUT2D eigenvalue weighted by molar-refractivity contribution is 6.24. The summed E-state index contributed by atoms with van der Waals surface area (Å²) in [5.74, 6) is -5.17. The van der Waals surface area contributed by atoms with Crippen molar-refractivity contribution < 1.29 is 39.6 Å². The molecular weight excluding hydrogens is 745 g/mol. The van der Waals surface area contributed by atoms with E-state index in [1.165, 1.54) is 0 Å². The first-order valence-corrected chi connectivity index (χ1v) is 19.4. The molecule has 0 bridgehead atoms. The number of hydrogen-bond donors (Lipinski definition) is 2. The van der Waals surface area contributed by atoms with E-state index in [0.29, 0.717) is 54.1 Å². The summed E-state index contributed by atoms with van der Waals surface area (Å²) in [4.78, 5) is 54.5. The Balaban J connectivity index is 1.01. The van der Waals surface area contributed by atoms with Gasteiger partial charge < -0.3 is 14.9 Å². The number of anilines is 2. The third kappa shape index (κ3) is 7.91. The quantitative estimate of drug-likeness (QED) is 0.106. The first-order chi connectivity index (χ1) is 30.7. The van der Waals surface area contributed by atoms with Gasteiger partial charge in [0, 0.05) is 74.8 Å². The molecule has 294 valence electrons. The Kier molecular flexibility index (Phi) is 8.61. The largest absolute Gasteiger partial charge is 0.508 e. The molecule has 12 heteroatoms. The number of imide groups is 2. The van der Waals surface area contributed by atoms with Crippen LogP contribution in [0.2, 0.25) is 0 Å². The Hall–Kier alpha value is -5.52. The van der Waals surface area contributed by atoms with Crippen molar-refractivity contribution >= 4 is 57.8 Å². The maximum absolute atomic E-state index is 15.9. The summed E-state index contributed by atoms with van der Waals surface area (Å²) in [6, 6.07) is 24.9. The van der Waals surface area contributed by atoms with Crippen LogP contribution < -0.4 is 15.1 Å². The van der Waals surface area contributed by atoms with Crippen LogP contribution in [0.3, 0.4) is 0 Å². The fourth-order valence-corrected chi connectivity index (χ4v) is 8.11. The molecule has 1 atom stereocenters. The lowest BCUT2D eigenvalue weighted by molar-refractivity contribution is -0.136. The van der Waals surface area contributed by atoms with Crippen molar-refractivity contribution in [3.8, 4) is 5.75 Å². The van der Waals surface area contributed by atoms with E-state index >= 15 is 4.39 Å². The third-order valence-corrected chi connectivity index (χ3v) is 11.0. The zero-order valence-corrected chi connectivity index (χ0v) is 31.6. The van der Waals surface area contributed by atoms with Gasteiger partial charge in [0.05, 0.1) is 16.6 Å². The van der Waals surface area contributed by atoms with Crippen molar-refractivity contribution in [2.45, 2.75) is 38.1 Å². The zero-order valence-electron chi connectivity index (χ0n) is 38.8. The minimum atomic E-state index is -3.39. The summed E-state index contributed by atoms with van der Waals surface area (Å²) in [7, 11) is 0. The number of allylic oxidation sites excluding steroid dienone is 1. The standard InChI is InChI=1S/C45H45ClFN5O5/c46-19-16-36(30-4-2-1-3-5-30)41(32-8-12-35(53)13-9-32)31-6-10-33(11-7-31)50-20-17-29(18-21-50)28-49-22-24-51(25-23-49)34-26-37-42(38(47)27-34)45(57)52(44(37)56)39-14-15-40(54)48-43(39)55/h1-13,26-27,29,39,53H,14-25,28H2,(H,48,54,55)/i22D2,23D2,24D2,25D2. The lowest BCUT2D eigenvalue weighted by Gasteiger charge is -2.40. The molecule has 4 heterocycles. The molecule has 0 aromatic heterocycles. The monoisotopic (exact) mass is 797 g/mol. The van der Waals surface area contributed by atoms with Crippen LogP contribution in [0.5, 0.6) is 5.75 Å². The van der Waals surface area contributed by atoms with E-state index in [-0.39, 0.29) is 36.0 Å². The van der Waals surface area contributed by atoms with Crippen LogP contribution in [0.1, 0.15) is 80.5 Å². The number of carbonyl (C=O) groups excluding carboxylic acids is 4. The molecule has 3 saturated heterocycles. The molecule has 4 aromatic rings. The molecule has 4 aliphatic rings. The maximum atomic E-state index is 15.9. The number of alkyl halides is 1. The van der Waals surface area contributed by atoms with Crippen molar-refractivity contribution in [2.24, 2.45) is 5.92 Å². The second-order valence-corrected chi connectivity index (χ2v) is 14.8. The molecule has 57 heavy (non-hydrogen) atoms. The predicted octanol–water partition coefficient (Wildman–Crippen LogP) is 6.56. The normalized spacial score (nSPS) is 25.4. The Labute approximate surface area is 347 Å². The highest BCUT2D eigenvalue weighted by Gasteiger charge is 2.46. The molecule has 2 N–H and O–H groups in total. The predicted molar refractivity (Wildman–Crippen MR) is 219 cm³/mol. The second-order valence-electron chi connectivity index (χ2n) is 14.4. The van der Waals surface area contributed by atoms with Crippen molar-refractivity contribution in [1.29, 1.82) is 0 Å². The van der Waals surface area contributed by atoms with Crippen LogP contribution in [0.4, 0.5) is 15.8 Å². The van der Waals surface area contributed by atoms with Crippen LogP contribution in [0.15, 0.2) is 91.0 Å². The summed E-state index contributed by atoms with van der Waals surface area (Å²) in [6.45, 7) is -12.7. The highest BCUT2D eigenvalue weighted by atomic mass is 35.5. The first kappa shape index (κ1) is 29.7. The molecule has 4 amide bonds. The summed E-state index contributed by atoms with van der Waals surface area (Å²) in [5, 5.41) is 12.1. The molecule has 0 spiro atoms. The van der Waals surface area contributed by atoms with Gasteiger partial charge >= 0.3 is 0 Å². The Morgan fingerprint density at radius 2 is 1.46 bits per heavy atom. The number of phenolic OH excluding ortho intramolecular Hbond substituents is 1. The molecule has 4 aliphatic heterocycles. The number of rotatable bonds is 10. The van der Waals surface area contributed by atoms with Gasteiger partial charge in [0.15, 0.2) is 0 Å². The Morgan fingerprint density at radius 1 is 0.789 bits per heavy atom. The van der Waals surface area contributed by atoms with Gasteiger partial charge in [-0.2, -0.15) is 0 Å². The lowest BCUT2D eigenvalue weighted by Crippen LogP contribution is -2.54. The van der Waals surface area contributed by atoms with Gasteiger partial charge in [0.1, 0.15) is 17.6 Å². The van der Waals surface area contributed by atoms with Crippen molar-refractivity contribution in [3.05, 3.63) is 125 Å². The number of amides is 4. The number of hydrogen-bond acceptors (Lipinski definition) is 8. The van der Waals surface area contributed by atoms with Crippen LogP contribution in [0, 0.1) is 11.7 Å². The molecule has 0 saturated carbocycles. The van der Waals surface area contributed by atoms with Crippen molar-refractivity contribution in [3.63, 3.8) is 0 Å². The first-order valence-electron chi connectivity index (χ1n) is 22.8. The van der Waals surface area contributed by atoms with Crippen LogP contribution in [-0.2, 0) is 9.59 Å². The molecule has 4 aromatic carbocycles. The Bertz CT molecular complexity index is 2550. The summed E-state index contributed by atoms with van der Waals surface area (Å²) in [5.41, 5.74) is 3.60. The number of benzene rings is 4. The fourth-order valence-electron chi connectivity index (χ4n) is 7.92. The van der Waals surface area contributed by atoms with Gasteiger partial charge in [0.25, 0.3) is 11.8 Å². The lowest BCUT2D eigenvalue weighted by atomic mass is 9.88. The number of halogens is 2. The van der Waals surface area contributed by atoms with E-state index in [0.717, 1.165) is 39.6 Å². The fraction of sp³-hybridized carbons (Fsp3) is 0.333. The Morgan fingerprint density at radius 3 is 2.11 bits per heavy atom. The van der Waals surface area contributed by atoms with E-state index in [2.05, 4.69) is 4.90 Å². The van der Waals surface area contributed by atoms with Crippen molar-refractivity contribution in [2.75, 3.05) is 61.3 Å². The van der Waals surface area contributed by atoms with Gasteiger partial charge in [0.2, 0.25) is 11.8 Å². The number of nitrogens with one attached hydrogen (secondary N) is 1. The third-order valence-electron chi connectivity index (χ3n) is 10.8. The van der Waals surface area contributed by atoms with Crippen LogP contribution in [-0.4, -0.2) is 96.1 Å². The number of nitrogens with zero attached hydrogens (tertiary/aromatic N) is 4. The van der Waals surface area contributed by atoms with E-state index in [4.69, 9.17) is 22.6 Å². The smallest absolute Gasteiger partial charge is 0.265 e. The van der Waals surface area contributed by atoms with Crippen LogP contribution >= 0.6 is 11.6 Å². The SMILES string of the molecule is [2H]C1([2H])N(CC2CCN(c3ccc(C(=C(CCCl)c4ccccc4)c4ccc(O)cc4)cc3)CC2)C([2H])([2H])C([2H])([2H])N(c2cc(F)c3c(c2)C(=O)N(C2CCC(=O)NC2=O)C3=O)C1([2H])[2H]. The molecule has 8 rings (SSSR count). The van der Waals surface area contributed by atoms with Crippen LogP contribution in [0.25, 0.3) is 11.1 Å². The van der Waals surface area contributed by atoms with Gasteiger partial charge in [-0.25, -0.2) is 4.39 Å². The number of carbonyl (C=O) groups is 4. The van der Waals surface area contributed by atoms with Gasteiger partial charge in [-0.15, -0.1) is 11.6 Å². The summed E-state index contributed by atoms with van der Waals surface area (Å²) < 4.78 is 88.2. The van der Waals surface area contributed by atoms with E-state index < -0.39 is 78.3 Å². The number of aromatic hydroxyl groups is 1. The summed E-state index contributed by atoms with van der Waals surface area (Å²) in [6.07, 6.45) is 1.03. The second kappa shape index (κ2) is 16.5. The molecule has 10 nitrogen and oxygen atoms in total. The number of fused-ring (bicyclic) bond motifs is 1. The van der Waals surface area contributed by atoms with E-state index in [1.807, 2.05) is 72.0 Å². The molecule has 3 fully saturated rings. The zero-order chi connectivity index (χ0) is 46.8. The molecule has 0 aliphatic carbocycles. The van der Waals surface area contributed by atoms with E-state index in [9.17, 15) is 24.3 Å².